The van der Waals surface area contributed by atoms with E-state index in [0.717, 1.165) is 16.5 Å². The highest BCUT2D eigenvalue weighted by molar-refractivity contribution is 6.42. The molecule has 136 valence electrons. The molecule has 0 aliphatic heterocycles. The van der Waals surface area contributed by atoms with Crippen molar-refractivity contribution in [2.24, 2.45) is 0 Å². The van der Waals surface area contributed by atoms with E-state index in [-0.39, 0.29) is 11.7 Å². The Morgan fingerprint density at radius 1 is 1.15 bits per heavy atom. The van der Waals surface area contributed by atoms with Crippen molar-refractivity contribution in [3.05, 3.63) is 76.2 Å². The molecule has 0 saturated carbocycles. The predicted molar refractivity (Wildman–Crippen MR) is 104 cm³/mol. The second kappa shape index (κ2) is 7.34. The molecular weight excluding hydrogens is 389 g/mol. The summed E-state index contributed by atoms with van der Waals surface area (Å²) in [6, 6.07) is 14.0. The largest absolute Gasteiger partial charge is 0.489 e. The second-order valence-electron chi connectivity index (χ2n) is 5.75. The number of hydrogen-bond donors (Lipinski definition) is 2. The molecule has 2 aromatic carbocycles. The summed E-state index contributed by atoms with van der Waals surface area (Å²) >= 11 is 11.9. The predicted octanol–water partition coefficient (Wildman–Crippen LogP) is 5.29. The molecule has 1 amide bonds. The highest BCUT2D eigenvalue weighted by Crippen LogP contribution is 2.27. The van der Waals surface area contributed by atoms with Gasteiger partial charge in [0, 0.05) is 5.39 Å². The van der Waals surface area contributed by atoms with E-state index in [1.54, 1.807) is 30.3 Å². The van der Waals surface area contributed by atoms with Gasteiger partial charge in [0.1, 0.15) is 12.4 Å². The van der Waals surface area contributed by atoms with Crippen molar-refractivity contribution < 1.29 is 13.9 Å². The Labute approximate surface area is 164 Å². The average molecular weight is 402 g/mol. The lowest BCUT2D eigenvalue weighted by Crippen LogP contribution is -2.11. The number of nitrogens with zero attached hydrogens (tertiary/aromatic N) is 1. The number of aromatic amines is 1. The molecular formula is C19H13Cl2N3O3. The van der Waals surface area contributed by atoms with Gasteiger partial charge in [-0.1, -0.05) is 29.3 Å². The van der Waals surface area contributed by atoms with Crippen LogP contribution in [0, 0.1) is 0 Å². The number of carbonyl (C=O) groups excluding carboxylic acids is 1. The first-order valence-corrected chi connectivity index (χ1v) is 8.75. The smallest absolute Gasteiger partial charge is 0.292 e. The molecule has 0 spiro atoms. The summed E-state index contributed by atoms with van der Waals surface area (Å²) in [5, 5.41) is 11.4. The number of carbonyl (C=O) groups is 1. The molecule has 6 nitrogen and oxygen atoms in total. The van der Waals surface area contributed by atoms with Crippen molar-refractivity contribution in [3.8, 4) is 5.75 Å². The zero-order chi connectivity index (χ0) is 18.8. The van der Waals surface area contributed by atoms with Gasteiger partial charge in [0.15, 0.2) is 11.6 Å². The topological polar surface area (TPSA) is 80.2 Å². The normalized spacial score (nSPS) is 10.9. The maximum absolute atomic E-state index is 12.2. The zero-order valence-electron chi connectivity index (χ0n) is 13.8. The third kappa shape index (κ3) is 3.77. The van der Waals surface area contributed by atoms with Crippen LogP contribution < -0.4 is 10.1 Å². The Morgan fingerprint density at radius 3 is 2.81 bits per heavy atom. The van der Waals surface area contributed by atoms with Gasteiger partial charge in [-0.15, -0.1) is 0 Å². The minimum atomic E-state index is -0.379. The van der Waals surface area contributed by atoms with Gasteiger partial charge in [-0.3, -0.25) is 9.89 Å². The number of H-pyrrole nitrogens is 1. The van der Waals surface area contributed by atoms with Crippen molar-refractivity contribution >= 4 is 45.8 Å². The van der Waals surface area contributed by atoms with Gasteiger partial charge >= 0.3 is 0 Å². The van der Waals surface area contributed by atoms with Crippen molar-refractivity contribution in [2.45, 2.75) is 6.61 Å². The number of nitrogens with one attached hydrogen (secondary N) is 2. The molecule has 0 aliphatic rings. The van der Waals surface area contributed by atoms with E-state index in [4.69, 9.17) is 32.4 Å². The van der Waals surface area contributed by atoms with Crippen molar-refractivity contribution in [1.29, 1.82) is 0 Å². The van der Waals surface area contributed by atoms with Gasteiger partial charge < -0.3 is 14.5 Å². The van der Waals surface area contributed by atoms with E-state index in [9.17, 15) is 4.79 Å². The minimum Gasteiger partial charge on any atom is -0.489 e. The molecule has 2 aromatic heterocycles. The number of ether oxygens (including phenoxy) is 1. The molecule has 27 heavy (non-hydrogen) atoms. The zero-order valence-corrected chi connectivity index (χ0v) is 15.3. The fourth-order valence-corrected chi connectivity index (χ4v) is 2.87. The number of fused-ring (bicyclic) bond motifs is 1. The SMILES string of the molecule is O=C(Nc1n[nH]c2ccc(OCc3ccc(Cl)c(Cl)c3)cc12)c1ccco1. The Morgan fingerprint density at radius 2 is 2.04 bits per heavy atom. The second-order valence-corrected chi connectivity index (χ2v) is 6.56. The van der Waals surface area contributed by atoms with Gasteiger partial charge in [0.25, 0.3) is 5.91 Å². The molecule has 0 atom stereocenters. The first kappa shape index (κ1) is 17.5. The number of halogens is 2. The standard InChI is InChI=1S/C19H13Cl2N3O3/c20-14-5-3-11(8-15(14)21)10-27-12-4-6-16-13(9-12)18(24-23-16)22-19(25)17-2-1-7-26-17/h1-9H,10H2,(H2,22,23,24,25). The molecule has 2 N–H and O–H groups in total. The van der Waals surface area contributed by atoms with Gasteiger partial charge in [-0.05, 0) is 48.0 Å². The molecule has 0 unspecified atom stereocenters. The van der Waals surface area contributed by atoms with E-state index >= 15 is 0 Å². The van der Waals surface area contributed by atoms with E-state index in [1.807, 2.05) is 18.2 Å². The maximum atomic E-state index is 12.2. The molecule has 0 bridgehead atoms. The van der Waals surface area contributed by atoms with Crippen LogP contribution in [0.1, 0.15) is 16.1 Å². The lowest BCUT2D eigenvalue weighted by molar-refractivity contribution is 0.0996. The van der Waals surface area contributed by atoms with Gasteiger partial charge in [-0.25, -0.2) is 0 Å². The average Bonchev–Trinajstić information content (AvgIpc) is 3.33. The Kier molecular flexibility index (Phi) is 4.75. The summed E-state index contributed by atoms with van der Waals surface area (Å²) in [5.74, 6) is 0.851. The van der Waals surface area contributed by atoms with Crippen LogP contribution in [0.2, 0.25) is 10.0 Å². The lowest BCUT2D eigenvalue weighted by atomic mass is 10.2. The van der Waals surface area contributed by atoms with Crippen LogP contribution in [-0.4, -0.2) is 16.1 Å². The summed E-state index contributed by atoms with van der Waals surface area (Å²) in [5.41, 5.74) is 1.66. The van der Waals surface area contributed by atoms with Crippen LogP contribution in [0.25, 0.3) is 10.9 Å². The Hall–Kier alpha value is -2.96. The van der Waals surface area contributed by atoms with Gasteiger partial charge in [-0.2, -0.15) is 5.10 Å². The molecule has 4 aromatic rings. The first-order chi connectivity index (χ1) is 13.1. The van der Waals surface area contributed by atoms with Crippen LogP contribution in [0.3, 0.4) is 0 Å². The monoisotopic (exact) mass is 401 g/mol. The minimum absolute atomic E-state index is 0.207. The third-order valence-corrected chi connectivity index (χ3v) is 4.64. The van der Waals surface area contributed by atoms with Crippen LogP contribution in [-0.2, 0) is 6.61 Å². The number of aromatic nitrogens is 2. The molecule has 8 heteroatoms. The fourth-order valence-electron chi connectivity index (χ4n) is 2.55. The van der Waals surface area contributed by atoms with E-state index < -0.39 is 0 Å². The first-order valence-electron chi connectivity index (χ1n) is 8.00. The van der Waals surface area contributed by atoms with Crippen LogP contribution in [0.5, 0.6) is 5.75 Å². The molecule has 2 heterocycles. The van der Waals surface area contributed by atoms with Crippen molar-refractivity contribution in [1.82, 2.24) is 10.2 Å². The summed E-state index contributed by atoms with van der Waals surface area (Å²) in [6.45, 7) is 0.328. The third-order valence-electron chi connectivity index (χ3n) is 3.90. The number of hydrogen-bond acceptors (Lipinski definition) is 4. The summed E-state index contributed by atoms with van der Waals surface area (Å²) in [4.78, 5) is 12.2. The van der Waals surface area contributed by atoms with E-state index in [0.29, 0.717) is 28.2 Å². The van der Waals surface area contributed by atoms with Crippen molar-refractivity contribution in [3.63, 3.8) is 0 Å². The highest BCUT2D eigenvalue weighted by atomic mass is 35.5. The maximum Gasteiger partial charge on any atom is 0.292 e. The van der Waals surface area contributed by atoms with Crippen LogP contribution >= 0.6 is 23.2 Å². The Balaban J connectivity index is 1.52. The van der Waals surface area contributed by atoms with Crippen molar-refractivity contribution in [2.75, 3.05) is 5.32 Å². The van der Waals surface area contributed by atoms with Crippen LogP contribution in [0.15, 0.2) is 59.2 Å². The summed E-state index contributed by atoms with van der Waals surface area (Å²) in [6.07, 6.45) is 1.44. The summed E-state index contributed by atoms with van der Waals surface area (Å²) in [7, 11) is 0. The van der Waals surface area contributed by atoms with Gasteiger partial charge in [0.2, 0.25) is 0 Å². The van der Waals surface area contributed by atoms with E-state index in [2.05, 4.69) is 15.5 Å². The number of anilines is 1. The van der Waals surface area contributed by atoms with Crippen LogP contribution in [0.4, 0.5) is 5.82 Å². The van der Waals surface area contributed by atoms with Gasteiger partial charge in [0.05, 0.1) is 21.8 Å². The quantitative estimate of drug-likeness (QED) is 0.475. The molecule has 0 fully saturated rings. The molecule has 0 aliphatic carbocycles. The highest BCUT2D eigenvalue weighted by Gasteiger charge is 2.14. The molecule has 0 saturated heterocycles. The van der Waals surface area contributed by atoms with E-state index in [1.165, 1.54) is 6.26 Å². The Bertz CT molecular complexity index is 1110. The number of amides is 1. The number of benzene rings is 2. The number of rotatable bonds is 5. The summed E-state index contributed by atoms with van der Waals surface area (Å²) < 4.78 is 10.9. The fraction of sp³-hybridized carbons (Fsp3) is 0.0526. The molecule has 4 rings (SSSR count). The molecule has 0 radical (unpaired) electrons. The number of furan rings is 1. The lowest BCUT2D eigenvalue weighted by Gasteiger charge is -2.08.